The summed E-state index contributed by atoms with van der Waals surface area (Å²) in [6.45, 7) is 0. The Balaban J connectivity index is 2.54. The lowest BCUT2D eigenvalue weighted by Gasteiger charge is -2.32. The van der Waals surface area contributed by atoms with Crippen LogP contribution in [0.2, 0.25) is 0 Å². The van der Waals surface area contributed by atoms with E-state index in [1.807, 2.05) is 0 Å². The first kappa shape index (κ1) is 11.2. The monoisotopic (exact) mass is 241 g/mol. The molecule has 5 nitrogen and oxygen atoms in total. The number of para-hydroxylation sites is 1. The van der Waals surface area contributed by atoms with Crippen molar-refractivity contribution in [1.82, 2.24) is 0 Å². The van der Waals surface area contributed by atoms with E-state index in [1.54, 1.807) is 25.3 Å². The molecule has 0 amide bonds. The summed E-state index contributed by atoms with van der Waals surface area (Å²) >= 11 is 0. The first-order chi connectivity index (χ1) is 7.41. The highest BCUT2D eigenvalue weighted by molar-refractivity contribution is 7.53. The van der Waals surface area contributed by atoms with Crippen LogP contribution in [0.4, 0.5) is 5.69 Å². The fourth-order valence-corrected chi connectivity index (χ4v) is 2.73. The van der Waals surface area contributed by atoms with E-state index in [-0.39, 0.29) is 5.75 Å². The number of anilines is 1. The summed E-state index contributed by atoms with van der Waals surface area (Å²) in [4.78, 5) is 19.7. The van der Waals surface area contributed by atoms with Gasteiger partial charge >= 0.3 is 7.60 Å². The summed E-state index contributed by atoms with van der Waals surface area (Å²) < 4.78 is 11.2. The molecule has 0 bridgehead atoms. The van der Waals surface area contributed by atoms with E-state index in [0.717, 1.165) is 5.56 Å². The first-order valence-electron chi connectivity index (χ1n) is 4.69. The standard InChI is InChI=1S/C10H12NO4P/c1-11-9(16(13,14)15)6-5-7-3-2-4-8(12)10(7)11/h2-6,9,12H,1H3,(H2,13,14,15). The maximum atomic E-state index is 11.2. The molecule has 6 heteroatoms. The van der Waals surface area contributed by atoms with Crippen LogP contribution in [0, 0.1) is 0 Å². The Morgan fingerprint density at radius 3 is 2.69 bits per heavy atom. The van der Waals surface area contributed by atoms with Crippen LogP contribution in [0.1, 0.15) is 5.56 Å². The molecule has 1 aliphatic rings. The van der Waals surface area contributed by atoms with Crippen molar-refractivity contribution in [3.63, 3.8) is 0 Å². The third-order valence-corrected chi connectivity index (χ3v) is 3.80. The van der Waals surface area contributed by atoms with Crippen molar-refractivity contribution in [3.8, 4) is 5.75 Å². The second-order valence-corrected chi connectivity index (χ2v) is 5.39. The third kappa shape index (κ3) is 1.73. The SMILES string of the molecule is CN1c2c(O)cccc2C=CC1P(=O)(O)O. The van der Waals surface area contributed by atoms with Crippen LogP contribution in [0.25, 0.3) is 6.08 Å². The van der Waals surface area contributed by atoms with Crippen molar-refractivity contribution < 1.29 is 19.5 Å². The molecular weight excluding hydrogens is 229 g/mol. The third-order valence-electron chi connectivity index (χ3n) is 2.59. The minimum atomic E-state index is -4.24. The molecule has 0 radical (unpaired) electrons. The Morgan fingerprint density at radius 1 is 1.38 bits per heavy atom. The molecule has 0 aliphatic carbocycles. The predicted molar refractivity (Wildman–Crippen MR) is 61.4 cm³/mol. The molecule has 3 N–H and O–H groups in total. The van der Waals surface area contributed by atoms with E-state index in [4.69, 9.17) is 9.79 Å². The van der Waals surface area contributed by atoms with Gasteiger partial charge in [-0.15, -0.1) is 0 Å². The average molecular weight is 241 g/mol. The molecule has 0 saturated carbocycles. The second-order valence-electron chi connectivity index (χ2n) is 3.69. The van der Waals surface area contributed by atoms with Crippen molar-refractivity contribution in [2.75, 3.05) is 11.9 Å². The summed E-state index contributed by atoms with van der Waals surface area (Å²) in [6, 6.07) is 4.95. The number of phenolic OH excluding ortho intramolecular Hbond substituents is 1. The second kappa shape index (κ2) is 3.63. The van der Waals surface area contributed by atoms with Gasteiger partial charge < -0.3 is 19.8 Å². The fraction of sp³-hybridized carbons (Fsp3) is 0.200. The highest BCUT2D eigenvalue weighted by Gasteiger charge is 2.34. The minimum Gasteiger partial charge on any atom is -0.506 e. The molecule has 0 fully saturated rings. The normalized spacial score (nSPS) is 19.7. The van der Waals surface area contributed by atoms with E-state index in [2.05, 4.69) is 0 Å². The van der Waals surface area contributed by atoms with Gasteiger partial charge in [0.25, 0.3) is 0 Å². The number of likely N-dealkylation sites (N-methyl/N-ethyl adjacent to an activating group) is 1. The molecule has 1 heterocycles. The fourth-order valence-electron chi connectivity index (χ4n) is 1.86. The summed E-state index contributed by atoms with van der Waals surface area (Å²) in [6.07, 6.45) is 3.06. The number of nitrogens with zero attached hydrogens (tertiary/aromatic N) is 1. The van der Waals surface area contributed by atoms with Gasteiger partial charge in [0.15, 0.2) is 0 Å². The lowest BCUT2D eigenvalue weighted by Crippen LogP contribution is -2.32. The molecule has 86 valence electrons. The van der Waals surface area contributed by atoms with Gasteiger partial charge in [-0.2, -0.15) is 0 Å². The van der Waals surface area contributed by atoms with Crippen molar-refractivity contribution in [2.24, 2.45) is 0 Å². The highest BCUT2D eigenvalue weighted by Crippen LogP contribution is 2.49. The van der Waals surface area contributed by atoms with Crippen molar-refractivity contribution >= 4 is 19.4 Å². The van der Waals surface area contributed by atoms with Gasteiger partial charge in [0, 0.05) is 12.6 Å². The van der Waals surface area contributed by atoms with Crippen molar-refractivity contribution in [2.45, 2.75) is 5.78 Å². The zero-order chi connectivity index (χ0) is 11.9. The molecule has 0 spiro atoms. The van der Waals surface area contributed by atoms with E-state index >= 15 is 0 Å². The Bertz CT molecular complexity index is 494. The van der Waals surface area contributed by atoms with Gasteiger partial charge in [-0.3, -0.25) is 4.57 Å². The van der Waals surface area contributed by atoms with Crippen LogP contribution in [-0.2, 0) is 4.57 Å². The van der Waals surface area contributed by atoms with E-state index in [9.17, 15) is 9.67 Å². The van der Waals surface area contributed by atoms with Gasteiger partial charge in [-0.1, -0.05) is 18.2 Å². The molecule has 1 atom stereocenters. The minimum absolute atomic E-state index is 0.0165. The van der Waals surface area contributed by atoms with Crippen molar-refractivity contribution in [3.05, 3.63) is 29.8 Å². The van der Waals surface area contributed by atoms with Gasteiger partial charge in [-0.25, -0.2) is 0 Å². The summed E-state index contributed by atoms with van der Waals surface area (Å²) in [7, 11) is -2.70. The topological polar surface area (TPSA) is 81.0 Å². The largest absolute Gasteiger partial charge is 0.506 e. The molecule has 1 aromatic rings. The Kier molecular flexibility index (Phi) is 2.54. The maximum Gasteiger partial charge on any atom is 0.351 e. The quantitative estimate of drug-likeness (QED) is 0.647. The van der Waals surface area contributed by atoms with Crippen LogP contribution in [0.15, 0.2) is 24.3 Å². The average Bonchev–Trinajstić information content (AvgIpc) is 2.16. The molecule has 2 rings (SSSR count). The number of fused-ring (bicyclic) bond motifs is 1. The van der Waals surface area contributed by atoms with Gasteiger partial charge in [0.05, 0.1) is 5.69 Å². The zero-order valence-electron chi connectivity index (χ0n) is 8.61. The van der Waals surface area contributed by atoms with Crippen LogP contribution >= 0.6 is 7.60 Å². The number of rotatable bonds is 1. The van der Waals surface area contributed by atoms with E-state index in [1.165, 1.54) is 17.0 Å². The Hall–Kier alpha value is -1.29. The molecular formula is C10H12NO4P. The Morgan fingerprint density at radius 2 is 2.06 bits per heavy atom. The zero-order valence-corrected chi connectivity index (χ0v) is 9.50. The number of benzene rings is 1. The van der Waals surface area contributed by atoms with Crippen LogP contribution in [0.5, 0.6) is 5.75 Å². The number of hydrogen-bond acceptors (Lipinski definition) is 3. The summed E-state index contributed by atoms with van der Waals surface area (Å²) in [5.41, 5.74) is 1.19. The molecule has 0 aromatic heterocycles. The van der Waals surface area contributed by atoms with E-state index in [0.29, 0.717) is 5.69 Å². The molecule has 16 heavy (non-hydrogen) atoms. The predicted octanol–water partition coefficient (Wildman–Crippen LogP) is 1.36. The van der Waals surface area contributed by atoms with Gasteiger partial charge in [-0.05, 0) is 12.1 Å². The lowest BCUT2D eigenvalue weighted by molar-refractivity contribution is 0.364. The van der Waals surface area contributed by atoms with E-state index < -0.39 is 13.4 Å². The lowest BCUT2D eigenvalue weighted by atomic mass is 10.1. The van der Waals surface area contributed by atoms with Crippen LogP contribution in [0.3, 0.4) is 0 Å². The maximum absolute atomic E-state index is 11.2. The molecule has 0 saturated heterocycles. The molecule has 1 aliphatic heterocycles. The van der Waals surface area contributed by atoms with Gasteiger partial charge in [0.2, 0.25) is 0 Å². The van der Waals surface area contributed by atoms with Crippen LogP contribution in [-0.4, -0.2) is 27.7 Å². The molecule has 1 unspecified atom stereocenters. The number of phenols is 1. The van der Waals surface area contributed by atoms with Gasteiger partial charge in [0.1, 0.15) is 11.5 Å². The summed E-state index contributed by atoms with van der Waals surface area (Å²) in [5, 5.41) is 9.68. The molecule has 1 aromatic carbocycles. The highest BCUT2D eigenvalue weighted by atomic mass is 31.2. The van der Waals surface area contributed by atoms with Crippen molar-refractivity contribution in [1.29, 1.82) is 0 Å². The number of aromatic hydroxyl groups is 1. The smallest absolute Gasteiger partial charge is 0.351 e. The summed E-state index contributed by atoms with van der Waals surface area (Å²) in [5.74, 6) is -1.00. The first-order valence-corrected chi connectivity index (χ1v) is 6.37. The Labute approximate surface area is 92.8 Å². The van der Waals surface area contributed by atoms with Crippen LogP contribution < -0.4 is 4.90 Å². The number of hydrogen-bond donors (Lipinski definition) is 3.